The van der Waals surface area contributed by atoms with Crippen LogP contribution in [-0.2, 0) is 4.74 Å². The normalized spacial score (nSPS) is 31.1. The molecule has 1 saturated heterocycles. The fraction of sp³-hybridized carbons (Fsp3) is 0.800. The molecule has 1 atom stereocenters. The van der Waals surface area contributed by atoms with Gasteiger partial charge in [-0.2, -0.15) is 0 Å². The molecule has 68 valence electrons. The molecule has 2 rings (SSSR count). The molecule has 1 aliphatic heterocycles. The van der Waals surface area contributed by atoms with Crippen LogP contribution in [0.2, 0.25) is 0 Å². The third kappa shape index (κ3) is 1.87. The van der Waals surface area contributed by atoms with Crippen molar-refractivity contribution >= 4 is 0 Å². The van der Waals surface area contributed by atoms with Crippen LogP contribution >= 0.6 is 0 Å². The quantitative estimate of drug-likeness (QED) is 0.629. The van der Waals surface area contributed by atoms with Crippen LogP contribution in [0, 0.1) is 0 Å². The summed E-state index contributed by atoms with van der Waals surface area (Å²) in [6.45, 7) is 4.06. The summed E-state index contributed by atoms with van der Waals surface area (Å²) in [5.41, 5.74) is 1.55. The molecule has 1 N–H and O–H groups in total. The molecule has 12 heavy (non-hydrogen) atoms. The van der Waals surface area contributed by atoms with Crippen molar-refractivity contribution in [2.24, 2.45) is 0 Å². The zero-order valence-corrected chi connectivity index (χ0v) is 7.68. The molecule has 2 aliphatic rings. The maximum absolute atomic E-state index is 5.12. The van der Waals surface area contributed by atoms with E-state index in [1.807, 2.05) is 0 Å². The van der Waals surface area contributed by atoms with Gasteiger partial charge in [0.05, 0.1) is 19.3 Å². The molecule has 0 aromatic heterocycles. The Morgan fingerprint density at radius 1 is 1.42 bits per heavy atom. The summed E-state index contributed by atoms with van der Waals surface area (Å²) < 4.78 is 5.12. The maximum Gasteiger partial charge on any atom is 0.0643 e. The van der Waals surface area contributed by atoms with Gasteiger partial charge in [0.2, 0.25) is 0 Å². The van der Waals surface area contributed by atoms with Crippen molar-refractivity contribution < 1.29 is 4.74 Å². The number of ether oxygens (including phenoxy) is 1. The Morgan fingerprint density at radius 3 is 2.75 bits per heavy atom. The second-order valence-electron chi connectivity index (χ2n) is 3.92. The summed E-state index contributed by atoms with van der Waals surface area (Å²) in [4.78, 5) is 0. The molecule has 1 fully saturated rings. The largest absolute Gasteiger partial charge is 0.378 e. The number of hydrogen-bond acceptors (Lipinski definition) is 2. The minimum Gasteiger partial charge on any atom is -0.378 e. The van der Waals surface area contributed by atoms with E-state index in [-0.39, 0.29) is 0 Å². The Bertz CT molecular complexity index is 184. The van der Waals surface area contributed by atoms with E-state index in [1.165, 1.54) is 19.3 Å². The number of rotatable bonds is 2. The highest BCUT2D eigenvalue weighted by Gasteiger charge is 2.22. The molecule has 1 aliphatic carbocycles. The lowest BCUT2D eigenvalue weighted by atomic mass is 9.95. The van der Waals surface area contributed by atoms with Gasteiger partial charge in [-0.1, -0.05) is 11.6 Å². The highest BCUT2D eigenvalue weighted by molar-refractivity contribution is 5.05. The average Bonchev–Trinajstić information content (AvgIpc) is 2.00. The first kappa shape index (κ1) is 8.27. The van der Waals surface area contributed by atoms with Gasteiger partial charge in [0.15, 0.2) is 0 Å². The van der Waals surface area contributed by atoms with E-state index in [0.717, 1.165) is 13.2 Å². The number of nitrogens with one attached hydrogen (secondary N) is 1. The molecule has 1 unspecified atom stereocenters. The second-order valence-corrected chi connectivity index (χ2v) is 3.92. The summed E-state index contributed by atoms with van der Waals surface area (Å²) in [5.74, 6) is 0. The van der Waals surface area contributed by atoms with E-state index in [0.29, 0.717) is 12.1 Å². The molecule has 0 spiro atoms. The highest BCUT2D eigenvalue weighted by atomic mass is 16.5. The lowest BCUT2D eigenvalue weighted by molar-refractivity contribution is -0.0104. The van der Waals surface area contributed by atoms with Crippen LogP contribution in [0.1, 0.15) is 26.2 Å². The van der Waals surface area contributed by atoms with E-state index in [2.05, 4.69) is 18.3 Å². The number of allylic oxidation sites excluding steroid dienone is 1. The van der Waals surface area contributed by atoms with Gasteiger partial charge >= 0.3 is 0 Å². The monoisotopic (exact) mass is 167 g/mol. The Labute approximate surface area is 74.0 Å². The van der Waals surface area contributed by atoms with Gasteiger partial charge in [0.25, 0.3) is 0 Å². The van der Waals surface area contributed by atoms with E-state index in [9.17, 15) is 0 Å². The van der Waals surface area contributed by atoms with Gasteiger partial charge in [-0.15, -0.1) is 0 Å². The molecule has 0 saturated carbocycles. The first-order valence-corrected chi connectivity index (χ1v) is 4.84. The lowest BCUT2D eigenvalue weighted by Gasteiger charge is -2.32. The SMILES string of the molecule is CC1=CCC(NC2COC2)CC1. The summed E-state index contributed by atoms with van der Waals surface area (Å²) in [5, 5.41) is 3.61. The zero-order chi connectivity index (χ0) is 8.39. The molecule has 0 amide bonds. The Balaban J connectivity index is 1.75. The van der Waals surface area contributed by atoms with Crippen LogP contribution in [0.4, 0.5) is 0 Å². The second kappa shape index (κ2) is 3.58. The van der Waals surface area contributed by atoms with Crippen molar-refractivity contribution in [2.45, 2.75) is 38.3 Å². The first-order valence-electron chi connectivity index (χ1n) is 4.84. The van der Waals surface area contributed by atoms with Crippen LogP contribution in [0.5, 0.6) is 0 Å². The number of hydrogen-bond donors (Lipinski definition) is 1. The van der Waals surface area contributed by atoms with Crippen molar-refractivity contribution in [3.63, 3.8) is 0 Å². The standard InChI is InChI=1S/C10H17NO/c1-8-2-4-9(5-3-8)11-10-6-12-7-10/h2,9-11H,3-7H2,1H3. The zero-order valence-electron chi connectivity index (χ0n) is 7.68. The van der Waals surface area contributed by atoms with E-state index in [1.54, 1.807) is 5.57 Å². The van der Waals surface area contributed by atoms with Crippen LogP contribution in [0.15, 0.2) is 11.6 Å². The van der Waals surface area contributed by atoms with Crippen LogP contribution < -0.4 is 5.32 Å². The smallest absolute Gasteiger partial charge is 0.0643 e. The van der Waals surface area contributed by atoms with Crippen molar-refractivity contribution in [1.82, 2.24) is 5.32 Å². The highest BCUT2D eigenvalue weighted by Crippen LogP contribution is 2.18. The van der Waals surface area contributed by atoms with Crippen LogP contribution in [0.25, 0.3) is 0 Å². The minimum atomic E-state index is 0.641. The predicted molar refractivity (Wildman–Crippen MR) is 49.1 cm³/mol. The van der Waals surface area contributed by atoms with Gasteiger partial charge in [-0.25, -0.2) is 0 Å². The molecule has 0 aromatic rings. The third-order valence-corrected chi connectivity index (χ3v) is 2.75. The Morgan fingerprint density at radius 2 is 2.25 bits per heavy atom. The van der Waals surface area contributed by atoms with Gasteiger partial charge in [0, 0.05) is 6.04 Å². The molecule has 2 heteroatoms. The molecule has 0 aromatic carbocycles. The van der Waals surface area contributed by atoms with Gasteiger partial charge < -0.3 is 10.1 Å². The van der Waals surface area contributed by atoms with Crippen molar-refractivity contribution in [3.8, 4) is 0 Å². The van der Waals surface area contributed by atoms with Crippen molar-refractivity contribution in [2.75, 3.05) is 13.2 Å². The summed E-state index contributed by atoms with van der Waals surface area (Å²) >= 11 is 0. The fourth-order valence-corrected chi connectivity index (χ4v) is 1.78. The van der Waals surface area contributed by atoms with E-state index < -0.39 is 0 Å². The molecular formula is C10H17NO. The van der Waals surface area contributed by atoms with Crippen LogP contribution in [0.3, 0.4) is 0 Å². The average molecular weight is 167 g/mol. The molecule has 0 bridgehead atoms. The van der Waals surface area contributed by atoms with E-state index in [4.69, 9.17) is 4.74 Å². The Kier molecular flexibility index (Phi) is 2.47. The predicted octanol–water partition coefficient (Wildman–Crippen LogP) is 1.47. The Hall–Kier alpha value is -0.340. The fourth-order valence-electron chi connectivity index (χ4n) is 1.78. The topological polar surface area (TPSA) is 21.3 Å². The first-order chi connectivity index (χ1) is 5.84. The summed E-state index contributed by atoms with van der Waals surface area (Å²) in [6, 6.07) is 1.35. The minimum absolute atomic E-state index is 0.641. The van der Waals surface area contributed by atoms with Crippen molar-refractivity contribution in [1.29, 1.82) is 0 Å². The third-order valence-electron chi connectivity index (χ3n) is 2.75. The molecule has 0 radical (unpaired) electrons. The van der Waals surface area contributed by atoms with E-state index >= 15 is 0 Å². The summed E-state index contributed by atoms with van der Waals surface area (Å²) in [7, 11) is 0. The lowest BCUT2D eigenvalue weighted by Crippen LogP contribution is -2.50. The maximum atomic E-state index is 5.12. The van der Waals surface area contributed by atoms with Crippen LogP contribution in [-0.4, -0.2) is 25.3 Å². The van der Waals surface area contributed by atoms with Gasteiger partial charge in [-0.3, -0.25) is 0 Å². The summed E-state index contributed by atoms with van der Waals surface area (Å²) in [6.07, 6.45) is 6.15. The van der Waals surface area contributed by atoms with Gasteiger partial charge in [0.1, 0.15) is 0 Å². The molecule has 1 heterocycles. The van der Waals surface area contributed by atoms with Crippen molar-refractivity contribution in [3.05, 3.63) is 11.6 Å². The molecular weight excluding hydrogens is 150 g/mol. The van der Waals surface area contributed by atoms with Gasteiger partial charge in [-0.05, 0) is 26.2 Å². The molecule has 2 nitrogen and oxygen atoms in total.